The standard InChI is InChI=1S/C24H27NO5.C24H27NO4.CH2Cl2/c1-15(2)28-19-9-8-16(14-20(19)27-3)23(26)25-12-10-24(11-13-25)22-21(29-22)17-6-4-5-7-18(17)30-24;1-17(2)28-21-9-8-19(16-22(21)27-3)23(26)25-14-12-24(13-15-25)11-10-18-6-4-5-7-20(18)29-24;2-1-3/h4-9,14-15,21-22H,10-13H2,1-3H3;4-11,16-17H,12-15H2,1-3H3;1H2. The summed E-state index contributed by atoms with van der Waals surface area (Å²) in [5, 5.41) is 0.194. The largest absolute Gasteiger partial charge is 0.493 e. The number of alkyl halides is 2. The summed E-state index contributed by atoms with van der Waals surface area (Å²) in [5.41, 5.74) is 2.81. The van der Waals surface area contributed by atoms with Crippen molar-refractivity contribution in [3.63, 3.8) is 0 Å². The van der Waals surface area contributed by atoms with Gasteiger partial charge in [0.15, 0.2) is 23.0 Å². The van der Waals surface area contributed by atoms with Crippen LogP contribution in [0.5, 0.6) is 34.5 Å². The Bertz CT molecular complexity index is 2230. The molecule has 2 spiro atoms. The lowest BCUT2D eigenvalue weighted by Gasteiger charge is -2.43. The smallest absolute Gasteiger partial charge is 0.253 e. The number of piperidine rings is 2. The first-order chi connectivity index (χ1) is 29.9. The predicted molar refractivity (Wildman–Crippen MR) is 241 cm³/mol. The molecule has 2 unspecified atom stereocenters. The topological polar surface area (TPSA) is 109 Å². The fourth-order valence-electron chi connectivity index (χ4n) is 8.54. The lowest BCUT2D eigenvalue weighted by molar-refractivity contribution is -0.0181. The summed E-state index contributed by atoms with van der Waals surface area (Å²) in [7, 11) is 3.18. The van der Waals surface area contributed by atoms with Crippen molar-refractivity contribution in [1.29, 1.82) is 0 Å². The molecule has 2 atom stereocenters. The number of para-hydroxylation sites is 2. The normalized spacial score (nSPS) is 19.6. The van der Waals surface area contributed by atoms with Crippen molar-refractivity contribution < 1.29 is 42.7 Å². The molecule has 11 nitrogen and oxygen atoms in total. The number of likely N-dealkylation sites (tertiary alicyclic amines) is 2. The molecule has 0 radical (unpaired) electrons. The number of carbonyl (C=O) groups excluding carboxylic acids is 2. The van der Waals surface area contributed by atoms with E-state index in [4.69, 9.17) is 56.4 Å². The van der Waals surface area contributed by atoms with Crippen molar-refractivity contribution >= 4 is 41.1 Å². The van der Waals surface area contributed by atoms with Gasteiger partial charge in [0.25, 0.3) is 11.8 Å². The van der Waals surface area contributed by atoms with Crippen LogP contribution in [0.25, 0.3) is 6.08 Å². The van der Waals surface area contributed by atoms with Gasteiger partial charge in [-0.25, -0.2) is 0 Å². The number of hydrogen-bond donors (Lipinski definition) is 0. The van der Waals surface area contributed by atoms with Crippen LogP contribution in [0.4, 0.5) is 0 Å². The molecule has 2 amide bonds. The average molecular weight is 888 g/mol. The molecular formula is C49H56Cl2N2O9. The third-order valence-corrected chi connectivity index (χ3v) is 11.7. The van der Waals surface area contributed by atoms with Crippen LogP contribution in [-0.4, -0.2) is 96.9 Å². The highest BCUT2D eigenvalue weighted by atomic mass is 35.5. The van der Waals surface area contributed by atoms with Crippen molar-refractivity contribution in [3.8, 4) is 34.5 Å². The molecule has 62 heavy (non-hydrogen) atoms. The van der Waals surface area contributed by atoms with Gasteiger partial charge in [0, 0.05) is 74.1 Å². The number of rotatable bonds is 8. The average Bonchev–Trinajstić information content (AvgIpc) is 4.10. The SMILES string of the molecule is COc1cc(C(=O)N2CCC3(C=Cc4ccccc4O3)CC2)ccc1OC(C)C.COc1cc(C(=O)N2CCC3(CC2)Oc2ccccc2C2OC23)ccc1OC(C)C.ClCCl. The lowest BCUT2D eigenvalue weighted by Crippen LogP contribution is -2.54. The van der Waals surface area contributed by atoms with Crippen LogP contribution in [0.3, 0.4) is 0 Å². The molecule has 0 saturated carbocycles. The van der Waals surface area contributed by atoms with Gasteiger partial charge in [0.05, 0.1) is 31.8 Å². The Kier molecular flexibility index (Phi) is 14.2. The Morgan fingerprint density at radius 2 is 1.18 bits per heavy atom. The second kappa shape index (κ2) is 19.5. The number of hydrogen-bond acceptors (Lipinski definition) is 9. The molecule has 5 aliphatic rings. The van der Waals surface area contributed by atoms with Crippen molar-refractivity contribution in [2.24, 2.45) is 0 Å². The molecule has 0 aliphatic carbocycles. The number of ether oxygens (including phenoxy) is 7. The number of nitrogens with zero attached hydrogens (tertiary/aromatic N) is 2. The molecule has 5 heterocycles. The first kappa shape index (κ1) is 44.9. The van der Waals surface area contributed by atoms with Gasteiger partial charge in [-0.15, -0.1) is 23.2 Å². The van der Waals surface area contributed by atoms with Gasteiger partial charge in [-0.3, -0.25) is 9.59 Å². The second-order valence-corrected chi connectivity index (χ2v) is 17.3. The Labute approximate surface area is 374 Å². The van der Waals surface area contributed by atoms with Crippen molar-refractivity contribution in [2.75, 3.05) is 45.7 Å². The van der Waals surface area contributed by atoms with Crippen LogP contribution in [0.15, 0.2) is 91.0 Å². The molecule has 9 rings (SSSR count). The molecule has 3 fully saturated rings. The third kappa shape index (κ3) is 9.90. The molecule has 330 valence electrons. The molecule has 3 saturated heterocycles. The molecular weight excluding hydrogens is 831 g/mol. The number of methoxy groups -OCH3 is 2. The van der Waals surface area contributed by atoms with Crippen molar-refractivity contribution in [2.45, 2.75) is 89.0 Å². The third-order valence-electron chi connectivity index (χ3n) is 11.7. The quantitative estimate of drug-likeness (QED) is 0.126. The summed E-state index contributed by atoms with van der Waals surface area (Å²) in [6, 6.07) is 26.9. The molecule has 0 aromatic heterocycles. The van der Waals surface area contributed by atoms with E-state index in [1.54, 1.807) is 50.6 Å². The van der Waals surface area contributed by atoms with Gasteiger partial charge in [-0.1, -0.05) is 42.5 Å². The van der Waals surface area contributed by atoms with Gasteiger partial charge in [0.2, 0.25) is 0 Å². The van der Waals surface area contributed by atoms with Crippen LogP contribution in [0.2, 0.25) is 0 Å². The van der Waals surface area contributed by atoms with E-state index in [-0.39, 0.29) is 52.8 Å². The van der Waals surface area contributed by atoms with E-state index < -0.39 is 0 Å². The maximum Gasteiger partial charge on any atom is 0.253 e. The zero-order valence-electron chi connectivity index (χ0n) is 36.2. The molecule has 0 N–H and O–H groups in total. The van der Waals surface area contributed by atoms with E-state index in [9.17, 15) is 9.59 Å². The summed E-state index contributed by atoms with van der Waals surface area (Å²) in [5.74, 6) is 4.29. The molecule has 5 aliphatic heterocycles. The minimum absolute atomic E-state index is 0.00345. The number of epoxide rings is 1. The van der Waals surface area contributed by atoms with Crippen molar-refractivity contribution in [3.05, 3.63) is 113 Å². The zero-order valence-corrected chi connectivity index (χ0v) is 37.7. The van der Waals surface area contributed by atoms with Gasteiger partial charge in [0.1, 0.15) is 34.9 Å². The maximum absolute atomic E-state index is 13.1. The van der Waals surface area contributed by atoms with Crippen LogP contribution < -0.4 is 28.4 Å². The van der Waals surface area contributed by atoms with E-state index in [0.29, 0.717) is 60.3 Å². The lowest BCUT2D eigenvalue weighted by atomic mass is 9.83. The van der Waals surface area contributed by atoms with Gasteiger partial charge >= 0.3 is 0 Å². The number of fused-ring (bicyclic) bond motifs is 5. The van der Waals surface area contributed by atoms with E-state index >= 15 is 0 Å². The maximum atomic E-state index is 13.1. The van der Waals surface area contributed by atoms with Gasteiger partial charge in [-0.2, -0.15) is 0 Å². The summed E-state index contributed by atoms with van der Waals surface area (Å²) >= 11 is 9.53. The van der Waals surface area contributed by atoms with E-state index in [1.807, 2.05) is 73.9 Å². The first-order valence-corrected chi connectivity index (χ1v) is 22.3. The van der Waals surface area contributed by atoms with Crippen LogP contribution in [0, 0.1) is 0 Å². The molecule has 4 aromatic carbocycles. The highest BCUT2D eigenvalue weighted by Crippen LogP contribution is 2.56. The number of benzene rings is 4. The minimum atomic E-state index is -0.331. The highest BCUT2D eigenvalue weighted by Gasteiger charge is 2.61. The molecule has 4 aromatic rings. The van der Waals surface area contributed by atoms with E-state index in [1.165, 1.54) is 0 Å². The zero-order chi connectivity index (χ0) is 44.0. The Balaban J connectivity index is 0.000000176. The van der Waals surface area contributed by atoms with E-state index in [0.717, 1.165) is 48.3 Å². The summed E-state index contributed by atoms with van der Waals surface area (Å²) in [6.45, 7) is 10.4. The van der Waals surface area contributed by atoms with Gasteiger partial charge < -0.3 is 43.0 Å². The summed E-state index contributed by atoms with van der Waals surface area (Å²) in [4.78, 5) is 29.9. The molecule has 13 heteroatoms. The fourth-order valence-corrected chi connectivity index (χ4v) is 8.54. The van der Waals surface area contributed by atoms with E-state index in [2.05, 4.69) is 24.3 Å². The number of halogens is 2. The highest BCUT2D eigenvalue weighted by molar-refractivity contribution is 6.40. The monoisotopic (exact) mass is 886 g/mol. The first-order valence-electron chi connectivity index (χ1n) is 21.2. The second-order valence-electron chi connectivity index (χ2n) is 16.5. The Hall–Kier alpha value is -5.10. The molecule has 0 bridgehead atoms. The summed E-state index contributed by atoms with van der Waals surface area (Å²) in [6.07, 6.45) is 7.66. The Morgan fingerprint density at radius 1 is 0.677 bits per heavy atom. The van der Waals surface area contributed by atoms with Gasteiger partial charge in [-0.05, 0) is 82.3 Å². The van der Waals surface area contributed by atoms with Crippen LogP contribution in [0.1, 0.15) is 91.3 Å². The fraction of sp³-hybridized carbons (Fsp3) is 0.429. The Morgan fingerprint density at radius 3 is 1.71 bits per heavy atom. The minimum Gasteiger partial charge on any atom is -0.493 e. The number of carbonyl (C=O) groups is 2. The summed E-state index contributed by atoms with van der Waals surface area (Å²) < 4.78 is 41.1. The number of amides is 2. The van der Waals surface area contributed by atoms with Crippen LogP contribution in [-0.2, 0) is 4.74 Å². The van der Waals surface area contributed by atoms with Crippen LogP contribution >= 0.6 is 23.2 Å². The predicted octanol–water partition coefficient (Wildman–Crippen LogP) is 9.97. The van der Waals surface area contributed by atoms with Crippen molar-refractivity contribution in [1.82, 2.24) is 9.80 Å².